The minimum absolute atomic E-state index is 0.107. The zero-order valence-electron chi connectivity index (χ0n) is 11.0. The molecule has 0 saturated heterocycles. The SMILES string of the molecule is COC(=O)Cc1csc(NC(C)c2nc(C)cs2)n1. The number of anilines is 1. The van der Waals surface area contributed by atoms with E-state index in [4.69, 9.17) is 0 Å². The Morgan fingerprint density at radius 2 is 2.21 bits per heavy atom. The predicted octanol–water partition coefficient (Wildman–Crippen LogP) is 2.80. The van der Waals surface area contributed by atoms with Crippen molar-refractivity contribution in [3.8, 4) is 0 Å². The molecule has 1 atom stereocenters. The molecule has 102 valence electrons. The topological polar surface area (TPSA) is 64.1 Å². The summed E-state index contributed by atoms with van der Waals surface area (Å²) in [6, 6.07) is 0.107. The number of carbonyl (C=O) groups is 1. The van der Waals surface area contributed by atoms with Gasteiger partial charge in [0.15, 0.2) is 5.13 Å². The van der Waals surface area contributed by atoms with Crippen LogP contribution >= 0.6 is 22.7 Å². The lowest BCUT2D eigenvalue weighted by molar-refractivity contribution is -0.139. The van der Waals surface area contributed by atoms with Gasteiger partial charge in [0.05, 0.1) is 25.3 Å². The highest BCUT2D eigenvalue weighted by molar-refractivity contribution is 7.13. The van der Waals surface area contributed by atoms with Gasteiger partial charge < -0.3 is 10.1 Å². The van der Waals surface area contributed by atoms with E-state index < -0.39 is 0 Å². The average molecular weight is 297 g/mol. The molecule has 2 heterocycles. The van der Waals surface area contributed by atoms with Crippen LogP contribution in [0.5, 0.6) is 0 Å². The fourth-order valence-corrected chi connectivity index (χ4v) is 3.09. The van der Waals surface area contributed by atoms with Crippen molar-refractivity contribution in [3.05, 3.63) is 27.2 Å². The van der Waals surface area contributed by atoms with Gasteiger partial charge in [-0.2, -0.15) is 0 Å². The molecule has 7 heteroatoms. The Morgan fingerprint density at radius 3 is 2.84 bits per heavy atom. The van der Waals surface area contributed by atoms with Crippen LogP contribution < -0.4 is 5.32 Å². The molecule has 0 bridgehead atoms. The third kappa shape index (κ3) is 3.74. The van der Waals surface area contributed by atoms with Gasteiger partial charge in [0.25, 0.3) is 0 Å². The highest BCUT2D eigenvalue weighted by Gasteiger charge is 2.12. The number of rotatable bonds is 5. The molecule has 1 unspecified atom stereocenters. The van der Waals surface area contributed by atoms with Crippen molar-refractivity contribution in [2.75, 3.05) is 12.4 Å². The first-order valence-corrected chi connectivity index (χ1v) is 7.54. The van der Waals surface area contributed by atoms with Crippen LogP contribution in [0.3, 0.4) is 0 Å². The van der Waals surface area contributed by atoms with E-state index in [1.165, 1.54) is 18.4 Å². The molecule has 0 fully saturated rings. The number of aromatic nitrogens is 2. The Labute approximate surface area is 119 Å². The molecular weight excluding hydrogens is 282 g/mol. The highest BCUT2D eigenvalue weighted by Crippen LogP contribution is 2.24. The second-order valence-corrected chi connectivity index (χ2v) is 5.84. The van der Waals surface area contributed by atoms with Crippen LogP contribution in [0.1, 0.15) is 29.4 Å². The van der Waals surface area contributed by atoms with Gasteiger partial charge in [-0.1, -0.05) is 0 Å². The van der Waals surface area contributed by atoms with Gasteiger partial charge in [0.2, 0.25) is 0 Å². The van der Waals surface area contributed by atoms with Crippen LogP contribution in [-0.4, -0.2) is 23.0 Å². The molecule has 2 aromatic rings. The molecule has 0 aliphatic rings. The second kappa shape index (κ2) is 6.12. The zero-order valence-corrected chi connectivity index (χ0v) is 12.6. The second-order valence-electron chi connectivity index (χ2n) is 4.09. The summed E-state index contributed by atoms with van der Waals surface area (Å²) in [6.07, 6.45) is 0.208. The summed E-state index contributed by atoms with van der Waals surface area (Å²) in [5.41, 5.74) is 1.75. The molecule has 2 aromatic heterocycles. The summed E-state index contributed by atoms with van der Waals surface area (Å²) in [5, 5.41) is 8.99. The molecule has 1 N–H and O–H groups in total. The third-order valence-electron chi connectivity index (χ3n) is 2.45. The van der Waals surface area contributed by atoms with Gasteiger partial charge in [-0.25, -0.2) is 9.97 Å². The van der Waals surface area contributed by atoms with E-state index in [1.807, 2.05) is 24.6 Å². The largest absolute Gasteiger partial charge is 0.469 e. The molecule has 5 nitrogen and oxygen atoms in total. The summed E-state index contributed by atoms with van der Waals surface area (Å²) in [4.78, 5) is 19.9. The van der Waals surface area contributed by atoms with E-state index >= 15 is 0 Å². The van der Waals surface area contributed by atoms with Crippen molar-refractivity contribution in [1.29, 1.82) is 0 Å². The fourth-order valence-electron chi connectivity index (χ4n) is 1.49. The molecule has 0 spiro atoms. The first kappa shape index (κ1) is 14.0. The Kier molecular flexibility index (Phi) is 4.49. The molecule has 2 rings (SSSR count). The van der Waals surface area contributed by atoms with Crippen LogP contribution in [0.15, 0.2) is 10.8 Å². The molecule has 0 radical (unpaired) electrons. The smallest absolute Gasteiger partial charge is 0.311 e. The number of nitrogens with zero attached hydrogens (tertiary/aromatic N) is 2. The van der Waals surface area contributed by atoms with E-state index in [9.17, 15) is 4.79 Å². The lowest BCUT2D eigenvalue weighted by Crippen LogP contribution is -2.07. The molecule has 0 aliphatic heterocycles. The molecule has 0 aliphatic carbocycles. The lowest BCUT2D eigenvalue weighted by Gasteiger charge is -2.09. The fraction of sp³-hybridized carbons (Fsp3) is 0.417. The van der Waals surface area contributed by atoms with Crippen LogP contribution in [0.2, 0.25) is 0 Å². The van der Waals surface area contributed by atoms with Crippen LogP contribution in [-0.2, 0) is 16.0 Å². The number of esters is 1. The molecule has 0 aromatic carbocycles. The van der Waals surface area contributed by atoms with Gasteiger partial charge in [-0.15, -0.1) is 22.7 Å². The van der Waals surface area contributed by atoms with Gasteiger partial charge in [-0.05, 0) is 13.8 Å². The average Bonchev–Trinajstić information content (AvgIpc) is 2.98. The van der Waals surface area contributed by atoms with E-state index in [1.54, 1.807) is 11.3 Å². The predicted molar refractivity (Wildman–Crippen MR) is 76.7 cm³/mol. The number of thiazole rings is 2. The highest BCUT2D eigenvalue weighted by atomic mass is 32.1. The quantitative estimate of drug-likeness (QED) is 0.860. The normalized spacial score (nSPS) is 12.2. The standard InChI is InChI=1S/C12H15N3O2S2/c1-7-5-18-11(13-7)8(2)14-12-15-9(6-19-12)4-10(16)17-3/h5-6,8H,4H2,1-3H3,(H,14,15). The Balaban J connectivity index is 1.98. The van der Waals surface area contributed by atoms with Crippen LogP contribution in [0, 0.1) is 6.92 Å². The Morgan fingerprint density at radius 1 is 1.42 bits per heavy atom. The lowest BCUT2D eigenvalue weighted by atomic mass is 10.3. The maximum absolute atomic E-state index is 11.2. The van der Waals surface area contributed by atoms with Gasteiger partial charge in [0.1, 0.15) is 5.01 Å². The summed E-state index contributed by atoms with van der Waals surface area (Å²) in [6.45, 7) is 4.02. The van der Waals surface area contributed by atoms with E-state index in [0.29, 0.717) is 0 Å². The summed E-state index contributed by atoms with van der Waals surface area (Å²) in [5.74, 6) is -0.277. The number of methoxy groups -OCH3 is 1. The van der Waals surface area contributed by atoms with Crippen molar-refractivity contribution in [2.45, 2.75) is 26.3 Å². The van der Waals surface area contributed by atoms with Crippen LogP contribution in [0.25, 0.3) is 0 Å². The van der Waals surface area contributed by atoms with E-state index in [2.05, 4.69) is 20.0 Å². The Hall–Kier alpha value is -1.47. The van der Waals surface area contributed by atoms with Crippen molar-refractivity contribution in [2.24, 2.45) is 0 Å². The molecule has 0 saturated carbocycles. The monoisotopic (exact) mass is 297 g/mol. The first-order valence-electron chi connectivity index (χ1n) is 5.78. The number of aryl methyl sites for hydroxylation is 1. The van der Waals surface area contributed by atoms with Gasteiger partial charge in [-0.3, -0.25) is 4.79 Å². The molecule has 0 amide bonds. The minimum atomic E-state index is -0.277. The number of nitrogens with one attached hydrogen (secondary N) is 1. The maximum atomic E-state index is 11.2. The van der Waals surface area contributed by atoms with Crippen molar-refractivity contribution < 1.29 is 9.53 Å². The third-order valence-corrected chi connectivity index (χ3v) is 4.42. The zero-order chi connectivity index (χ0) is 13.8. The van der Waals surface area contributed by atoms with Crippen molar-refractivity contribution >= 4 is 33.8 Å². The number of ether oxygens (including phenoxy) is 1. The number of hydrogen-bond acceptors (Lipinski definition) is 7. The van der Waals surface area contributed by atoms with E-state index in [0.717, 1.165) is 21.5 Å². The Bertz CT molecular complexity index is 565. The van der Waals surface area contributed by atoms with Gasteiger partial charge in [0, 0.05) is 16.5 Å². The molecular formula is C12H15N3O2S2. The van der Waals surface area contributed by atoms with Crippen molar-refractivity contribution in [1.82, 2.24) is 9.97 Å². The van der Waals surface area contributed by atoms with Crippen molar-refractivity contribution in [3.63, 3.8) is 0 Å². The summed E-state index contributed by atoms with van der Waals surface area (Å²) in [7, 11) is 1.38. The number of hydrogen-bond donors (Lipinski definition) is 1. The van der Waals surface area contributed by atoms with Crippen LogP contribution in [0.4, 0.5) is 5.13 Å². The number of carbonyl (C=O) groups excluding carboxylic acids is 1. The summed E-state index contributed by atoms with van der Waals surface area (Å²) >= 11 is 3.11. The first-order chi connectivity index (χ1) is 9.08. The molecule has 19 heavy (non-hydrogen) atoms. The summed E-state index contributed by atoms with van der Waals surface area (Å²) < 4.78 is 4.61. The maximum Gasteiger partial charge on any atom is 0.311 e. The minimum Gasteiger partial charge on any atom is -0.469 e. The van der Waals surface area contributed by atoms with Gasteiger partial charge >= 0.3 is 5.97 Å². The van der Waals surface area contributed by atoms with E-state index in [-0.39, 0.29) is 18.4 Å².